The number of nitro groups is 1. The lowest BCUT2D eigenvalue weighted by Gasteiger charge is -2.39. The van der Waals surface area contributed by atoms with Gasteiger partial charge >= 0.3 is 5.69 Å². The fourth-order valence-corrected chi connectivity index (χ4v) is 4.50. The van der Waals surface area contributed by atoms with Crippen molar-refractivity contribution < 1.29 is 9.72 Å². The number of nitro benzene ring substituents is 1. The normalized spacial score (nSPS) is 19.7. The zero-order valence-electron chi connectivity index (χ0n) is 17.2. The van der Waals surface area contributed by atoms with Gasteiger partial charge in [-0.15, -0.1) is 0 Å². The van der Waals surface area contributed by atoms with Crippen molar-refractivity contribution in [2.24, 2.45) is 19.5 Å². The highest BCUT2D eigenvalue weighted by molar-refractivity contribution is 6.01. The van der Waals surface area contributed by atoms with Crippen molar-refractivity contribution in [1.82, 2.24) is 9.13 Å². The third kappa shape index (κ3) is 2.89. The van der Waals surface area contributed by atoms with Crippen molar-refractivity contribution in [2.45, 2.75) is 32.6 Å². The second-order valence-corrected chi connectivity index (χ2v) is 8.71. The first-order valence-corrected chi connectivity index (χ1v) is 9.59. The van der Waals surface area contributed by atoms with Crippen molar-refractivity contribution >= 4 is 17.3 Å². The van der Waals surface area contributed by atoms with E-state index < -0.39 is 22.1 Å². The minimum atomic E-state index is -0.787. The zero-order valence-corrected chi connectivity index (χ0v) is 17.2. The SMILES string of the molecule is Cn1c2c(c(=O)n(C)c1=O)[C@@H](c1cccc([N+](=O)[O-])c1)C1=C(CC(C)(C)CC1=O)N2. The molecular formula is C21H22N4O5. The molecule has 4 rings (SSSR count). The first kappa shape index (κ1) is 19.8. The van der Waals surface area contributed by atoms with Crippen LogP contribution in [-0.2, 0) is 18.9 Å². The summed E-state index contributed by atoms with van der Waals surface area (Å²) in [5.41, 5.74) is 0.388. The van der Waals surface area contributed by atoms with Gasteiger partial charge in [0.1, 0.15) is 5.82 Å². The molecule has 2 aliphatic rings. The second-order valence-electron chi connectivity index (χ2n) is 8.71. The Hall–Kier alpha value is -3.49. The Morgan fingerprint density at radius 3 is 2.50 bits per heavy atom. The maximum atomic E-state index is 13.2. The van der Waals surface area contributed by atoms with Crippen LogP contribution in [0.1, 0.15) is 43.7 Å². The van der Waals surface area contributed by atoms with Gasteiger partial charge in [0.25, 0.3) is 11.2 Å². The van der Waals surface area contributed by atoms with Crippen LogP contribution in [0.5, 0.6) is 0 Å². The number of aromatic nitrogens is 2. The molecule has 0 radical (unpaired) electrons. The van der Waals surface area contributed by atoms with E-state index in [9.17, 15) is 24.5 Å². The molecule has 156 valence electrons. The summed E-state index contributed by atoms with van der Waals surface area (Å²) in [5.74, 6) is -0.569. The highest BCUT2D eigenvalue weighted by Gasteiger charge is 2.43. The van der Waals surface area contributed by atoms with Crippen molar-refractivity contribution in [1.29, 1.82) is 0 Å². The molecule has 0 amide bonds. The summed E-state index contributed by atoms with van der Waals surface area (Å²) in [5, 5.41) is 14.5. The van der Waals surface area contributed by atoms with E-state index in [1.807, 2.05) is 13.8 Å². The molecule has 2 heterocycles. The molecule has 1 aromatic carbocycles. The van der Waals surface area contributed by atoms with Gasteiger partial charge in [-0.05, 0) is 17.4 Å². The summed E-state index contributed by atoms with van der Waals surface area (Å²) in [4.78, 5) is 49.7. The van der Waals surface area contributed by atoms with Crippen LogP contribution in [0.15, 0.2) is 45.1 Å². The van der Waals surface area contributed by atoms with Gasteiger partial charge in [-0.2, -0.15) is 0 Å². The van der Waals surface area contributed by atoms with Gasteiger partial charge in [0.05, 0.1) is 10.5 Å². The highest BCUT2D eigenvalue weighted by atomic mass is 16.6. The number of anilines is 1. The Morgan fingerprint density at radius 2 is 1.83 bits per heavy atom. The molecule has 0 saturated heterocycles. The number of rotatable bonds is 2. The van der Waals surface area contributed by atoms with Crippen molar-refractivity contribution in [2.75, 3.05) is 5.32 Å². The first-order valence-electron chi connectivity index (χ1n) is 9.59. The lowest BCUT2D eigenvalue weighted by molar-refractivity contribution is -0.384. The topological polar surface area (TPSA) is 116 Å². The van der Waals surface area contributed by atoms with E-state index in [-0.39, 0.29) is 22.4 Å². The quantitative estimate of drug-likeness (QED) is 0.599. The maximum Gasteiger partial charge on any atom is 0.332 e. The van der Waals surface area contributed by atoms with Gasteiger partial charge in [0, 0.05) is 49.8 Å². The number of carbonyl (C=O) groups excluding carboxylic acids is 1. The van der Waals surface area contributed by atoms with Gasteiger partial charge in [-0.1, -0.05) is 26.0 Å². The van der Waals surface area contributed by atoms with Gasteiger partial charge in [0.15, 0.2) is 5.78 Å². The van der Waals surface area contributed by atoms with Crippen LogP contribution in [0.4, 0.5) is 11.5 Å². The lowest BCUT2D eigenvalue weighted by atomic mass is 9.69. The van der Waals surface area contributed by atoms with E-state index in [1.165, 1.54) is 23.7 Å². The Morgan fingerprint density at radius 1 is 1.13 bits per heavy atom. The van der Waals surface area contributed by atoms with E-state index in [1.54, 1.807) is 19.2 Å². The molecule has 2 aromatic rings. The molecule has 1 aliphatic heterocycles. The largest absolute Gasteiger partial charge is 0.344 e. The number of Topliss-reactive ketones (excluding diaryl/α,β-unsaturated/α-hetero) is 1. The second kappa shape index (κ2) is 6.51. The van der Waals surface area contributed by atoms with E-state index in [4.69, 9.17) is 0 Å². The van der Waals surface area contributed by atoms with Crippen LogP contribution in [0.2, 0.25) is 0 Å². The summed E-state index contributed by atoms with van der Waals surface area (Å²) >= 11 is 0. The molecular weight excluding hydrogens is 388 g/mol. The smallest absolute Gasteiger partial charge is 0.332 e. The Balaban J connectivity index is 2.08. The summed E-state index contributed by atoms with van der Waals surface area (Å²) < 4.78 is 2.34. The Bertz CT molecular complexity index is 1270. The number of non-ortho nitro benzene ring substituents is 1. The van der Waals surface area contributed by atoms with Crippen LogP contribution < -0.4 is 16.6 Å². The van der Waals surface area contributed by atoms with Crippen LogP contribution in [0, 0.1) is 15.5 Å². The molecule has 1 aromatic heterocycles. The number of hydrogen-bond donors (Lipinski definition) is 1. The van der Waals surface area contributed by atoms with Gasteiger partial charge in [-0.3, -0.25) is 28.8 Å². The van der Waals surface area contributed by atoms with Crippen LogP contribution in [0.25, 0.3) is 0 Å². The van der Waals surface area contributed by atoms with E-state index >= 15 is 0 Å². The van der Waals surface area contributed by atoms with Gasteiger partial charge in [0.2, 0.25) is 0 Å². The number of carbonyl (C=O) groups is 1. The van der Waals surface area contributed by atoms with Gasteiger partial charge in [-0.25, -0.2) is 4.79 Å². The molecule has 0 bridgehead atoms. The average molecular weight is 410 g/mol. The average Bonchev–Trinajstić information content (AvgIpc) is 2.68. The number of ketones is 1. The molecule has 1 aliphatic carbocycles. The Kier molecular flexibility index (Phi) is 4.30. The van der Waals surface area contributed by atoms with Crippen molar-refractivity contribution in [3.8, 4) is 0 Å². The number of benzene rings is 1. The summed E-state index contributed by atoms with van der Waals surface area (Å²) in [7, 11) is 2.94. The monoisotopic (exact) mass is 410 g/mol. The molecule has 30 heavy (non-hydrogen) atoms. The predicted molar refractivity (Wildman–Crippen MR) is 111 cm³/mol. The zero-order chi connectivity index (χ0) is 22.0. The number of fused-ring (bicyclic) bond motifs is 1. The van der Waals surface area contributed by atoms with Crippen molar-refractivity contribution in [3.05, 3.63) is 77.6 Å². The van der Waals surface area contributed by atoms with E-state index in [2.05, 4.69) is 5.32 Å². The standard InChI is InChI=1S/C21H22N4O5/c1-21(2)9-13-16(14(26)10-21)15(11-6-5-7-12(8-11)25(29)30)17-18(22-13)23(3)20(28)24(4)19(17)27/h5-8,15,22H,9-10H2,1-4H3/t15-/m0/s1. The third-order valence-electron chi connectivity index (χ3n) is 5.88. The van der Waals surface area contributed by atoms with Gasteiger partial charge < -0.3 is 5.32 Å². The molecule has 9 nitrogen and oxygen atoms in total. The van der Waals surface area contributed by atoms with Crippen molar-refractivity contribution in [3.63, 3.8) is 0 Å². The summed E-state index contributed by atoms with van der Waals surface area (Å²) in [6.07, 6.45) is 0.864. The third-order valence-corrected chi connectivity index (χ3v) is 5.88. The maximum absolute atomic E-state index is 13.2. The number of hydrogen-bond acceptors (Lipinski definition) is 6. The predicted octanol–water partition coefficient (Wildman–Crippen LogP) is 2.19. The molecule has 0 unspecified atom stereocenters. The molecule has 9 heteroatoms. The molecule has 0 spiro atoms. The number of nitrogens with zero attached hydrogens (tertiary/aromatic N) is 3. The number of allylic oxidation sites excluding steroid dienone is 2. The first-order chi connectivity index (χ1) is 14.0. The minimum Gasteiger partial charge on any atom is -0.344 e. The summed E-state index contributed by atoms with van der Waals surface area (Å²) in [6, 6.07) is 5.97. The van der Waals surface area contributed by atoms with E-state index in [0.717, 1.165) is 4.57 Å². The fraction of sp³-hybridized carbons (Fsp3) is 0.381. The lowest BCUT2D eigenvalue weighted by Crippen LogP contribution is -2.45. The minimum absolute atomic E-state index is 0.105. The fourth-order valence-electron chi connectivity index (χ4n) is 4.50. The van der Waals surface area contributed by atoms with Crippen LogP contribution >= 0.6 is 0 Å². The summed E-state index contributed by atoms with van der Waals surface area (Å²) in [6.45, 7) is 3.97. The molecule has 0 fully saturated rings. The molecule has 0 saturated carbocycles. The van der Waals surface area contributed by atoms with Crippen LogP contribution in [0.3, 0.4) is 0 Å². The van der Waals surface area contributed by atoms with Crippen LogP contribution in [-0.4, -0.2) is 19.8 Å². The molecule has 1 N–H and O–H groups in total. The Labute approximate surface area is 171 Å². The molecule has 1 atom stereocenters. The highest BCUT2D eigenvalue weighted by Crippen LogP contribution is 2.47. The van der Waals surface area contributed by atoms with E-state index in [0.29, 0.717) is 35.5 Å². The number of nitrogens with one attached hydrogen (secondary N) is 1.